The maximum atomic E-state index is 4.38. The van der Waals surface area contributed by atoms with Gasteiger partial charge in [-0.2, -0.15) is 0 Å². The van der Waals surface area contributed by atoms with Crippen molar-refractivity contribution in [2.45, 2.75) is 47.0 Å². The molecule has 0 unspecified atom stereocenters. The van der Waals surface area contributed by atoms with Crippen LogP contribution in [0.25, 0.3) is 0 Å². The Balaban J connectivity index is 1.96. The molecule has 20 heavy (non-hydrogen) atoms. The van der Waals surface area contributed by atoms with Crippen LogP contribution in [0.1, 0.15) is 47.0 Å². The lowest BCUT2D eigenvalue weighted by Crippen LogP contribution is -2.38. The van der Waals surface area contributed by atoms with Crippen molar-refractivity contribution < 1.29 is 0 Å². The molecule has 3 nitrogen and oxygen atoms in total. The molecule has 0 spiro atoms. The van der Waals surface area contributed by atoms with E-state index in [1.54, 1.807) is 0 Å². The standard InChI is InChI=1S/C17H29N3/c1-5-8-19-15-11-16(13-18-12-15)20-9-6-14(7-10-20)17(2,3)4/h11-14,19H,5-10H2,1-4H3. The van der Waals surface area contributed by atoms with Gasteiger partial charge < -0.3 is 10.2 Å². The smallest absolute Gasteiger partial charge is 0.0573 e. The molecule has 0 aliphatic carbocycles. The molecule has 0 atom stereocenters. The first-order chi connectivity index (χ1) is 9.50. The van der Waals surface area contributed by atoms with E-state index in [1.165, 1.54) is 18.5 Å². The van der Waals surface area contributed by atoms with Crippen molar-refractivity contribution in [2.75, 3.05) is 29.9 Å². The fourth-order valence-corrected chi connectivity index (χ4v) is 2.97. The minimum Gasteiger partial charge on any atom is -0.384 e. The van der Waals surface area contributed by atoms with E-state index in [1.807, 2.05) is 12.4 Å². The molecule has 2 rings (SSSR count). The van der Waals surface area contributed by atoms with Crippen molar-refractivity contribution in [2.24, 2.45) is 11.3 Å². The summed E-state index contributed by atoms with van der Waals surface area (Å²) in [6.07, 6.45) is 7.63. The van der Waals surface area contributed by atoms with Crippen LogP contribution in [0.2, 0.25) is 0 Å². The summed E-state index contributed by atoms with van der Waals surface area (Å²) >= 11 is 0. The lowest BCUT2D eigenvalue weighted by atomic mass is 9.75. The summed E-state index contributed by atoms with van der Waals surface area (Å²) in [5.41, 5.74) is 2.84. The fourth-order valence-electron chi connectivity index (χ4n) is 2.97. The van der Waals surface area contributed by atoms with E-state index in [0.29, 0.717) is 5.41 Å². The number of hydrogen-bond acceptors (Lipinski definition) is 3. The van der Waals surface area contributed by atoms with Gasteiger partial charge in [-0.25, -0.2) is 0 Å². The highest BCUT2D eigenvalue weighted by Gasteiger charge is 2.28. The average Bonchev–Trinajstić information content (AvgIpc) is 2.45. The Morgan fingerprint density at radius 1 is 1.25 bits per heavy atom. The summed E-state index contributed by atoms with van der Waals surface area (Å²) in [4.78, 5) is 6.85. The van der Waals surface area contributed by atoms with Crippen molar-refractivity contribution >= 4 is 11.4 Å². The molecule has 0 bridgehead atoms. The monoisotopic (exact) mass is 275 g/mol. The number of nitrogens with zero attached hydrogens (tertiary/aromatic N) is 2. The zero-order valence-corrected chi connectivity index (χ0v) is 13.4. The van der Waals surface area contributed by atoms with E-state index in [-0.39, 0.29) is 0 Å². The third kappa shape index (κ3) is 3.87. The third-order valence-corrected chi connectivity index (χ3v) is 4.39. The van der Waals surface area contributed by atoms with E-state index in [2.05, 4.69) is 49.0 Å². The summed E-state index contributed by atoms with van der Waals surface area (Å²) in [6, 6.07) is 2.24. The second-order valence-corrected chi connectivity index (χ2v) is 6.99. The molecule has 112 valence electrons. The molecule has 1 saturated heterocycles. The van der Waals surface area contributed by atoms with Gasteiger partial charge in [-0.15, -0.1) is 0 Å². The molecule has 1 aromatic heterocycles. The Morgan fingerprint density at radius 2 is 1.95 bits per heavy atom. The molecule has 0 saturated carbocycles. The summed E-state index contributed by atoms with van der Waals surface area (Å²) < 4.78 is 0. The lowest BCUT2D eigenvalue weighted by Gasteiger charge is -2.39. The van der Waals surface area contributed by atoms with E-state index < -0.39 is 0 Å². The van der Waals surface area contributed by atoms with Gasteiger partial charge in [-0.3, -0.25) is 4.98 Å². The van der Waals surface area contributed by atoms with Crippen LogP contribution in [-0.4, -0.2) is 24.6 Å². The topological polar surface area (TPSA) is 28.2 Å². The minimum absolute atomic E-state index is 0.439. The Morgan fingerprint density at radius 3 is 2.55 bits per heavy atom. The number of pyridine rings is 1. The van der Waals surface area contributed by atoms with Gasteiger partial charge in [0, 0.05) is 19.6 Å². The van der Waals surface area contributed by atoms with Crippen molar-refractivity contribution in [1.82, 2.24) is 4.98 Å². The summed E-state index contributed by atoms with van der Waals surface area (Å²) in [6.45, 7) is 12.6. The zero-order valence-electron chi connectivity index (χ0n) is 13.4. The first-order valence-electron chi connectivity index (χ1n) is 7.94. The van der Waals surface area contributed by atoms with Crippen LogP contribution in [0.4, 0.5) is 11.4 Å². The van der Waals surface area contributed by atoms with Gasteiger partial charge in [0.1, 0.15) is 0 Å². The fraction of sp³-hybridized carbons (Fsp3) is 0.706. The van der Waals surface area contributed by atoms with Crippen molar-refractivity contribution in [1.29, 1.82) is 0 Å². The molecule has 1 fully saturated rings. The Kier molecular flexibility index (Phi) is 4.90. The molecular formula is C17H29N3. The average molecular weight is 275 g/mol. The third-order valence-electron chi connectivity index (χ3n) is 4.39. The van der Waals surface area contributed by atoms with Crippen LogP contribution in [0, 0.1) is 11.3 Å². The van der Waals surface area contributed by atoms with Gasteiger partial charge in [0.25, 0.3) is 0 Å². The number of hydrogen-bond donors (Lipinski definition) is 1. The maximum Gasteiger partial charge on any atom is 0.0573 e. The molecule has 2 heterocycles. The maximum absolute atomic E-state index is 4.38. The molecular weight excluding hydrogens is 246 g/mol. The van der Waals surface area contributed by atoms with Crippen molar-refractivity contribution in [3.8, 4) is 0 Å². The van der Waals surface area contributed by atoms with Crippen LogP contribution < -0.4 is 10.2 Å². The van der Waals surface area contributed by atoms with Gasteiger partial charge in [-0.05, 0) is 36.7 Å². The molecule has 1 N–H and O–H groups in total. The molecule has 1 aliphatic rings. The largest absolute Gasteiger partial charge is 0.384 e. The molecule has 1 aliphatic heterocycles. The predicted octanol–water partition coefficient (Wildman–Crippen LogP) is 4.17. The predicted molar refractivity (Wildman–Crippen MR) is 87.4 cm³/mol. The van der Waals surface area contributed by atoms with Crippen LogP contribution in [0.15, 0.2) is 18.5 Å². The molecule has 0 radical (unpaired) electrons. The quantitative estimate of drug-likeness (QED) is 0.894. The number of piperidine rings is 1. The molecule has 1 aromatic rings. The van der Waals surface area contributed by atoms with Crippen LogP contribution in [-0.2, 0) is 0 Å². The van der Waals surface area contributed by atoms with Gasteiger partial charge in [-0.1, -0.05) is 27.7 Å². The van der Waals surface area contributed by atoms with Crippen LogP contribution in [0.5, 0.6) is 0 Å². The van der Waals surface area contributed by atoms with Crippen LogP contribution in [0.3, 0.4) is 0 Å². The van der Waals surface area contributed by atoms with Gasteiger partial charge in [0.2, 0.25) is 0 Å². The first kappa shape index (κ1) is 15.1. The van der Waals surface area contributed by atoms with E-state index >= 15 is 0 Å². The summed E-state index contributed by atoms with van der Waals surface area (Å²) in [5, 5.41) is 3.42. The highest BCUT2D eigenvalue weighted by atomic mass is 15.1. The van der Waals surface area contributed by atoms with Gasteiger partial charge >= 0.3 is 0 Å². The normalized spacial score (nSPS) is 17.3. The van der Waals surface area contributed by atoms with Crippen LogP contribution >= 0.6 is 0 Å². The minimum atomic E-state index is 0.439. The number of aromatic nitrogens is 1. The van der Waals surface area contributed by atoms with E-state index in [4.69, 9.17) is 0 Å². The van der Waals surface area contributed by atoms with Crippen molar-refractivity contribution in [3.63, 3.8) is 0 Å². The Hall–Kier alpha value is -1.25. The molecule has 0 aromatic carbocycles. The SMILES string of the molecule is CCCNc1cncc(N2CCC(C(C)(C)C)CC2)c1. The Labute approximate surface area is 123 Å². The molecule has 0 amide bonds. The second kappa shape index (κ2) is 6.47. The van der Waals surface area contributed by atoms with Gasteiger partial charge in [0.05, 0.1) is 23.8 Å². The summed E-state index contributed by atoms with van der Waals surface area (Å²) in [5.74, 6) is 0.841. The second-order valence-electron chi connectivity index (χ2n) is 6.99. The molecule has 3 heteroatoms. The Bertz CT molecular complexity index is 414. The van der Waals surface area contributed by atoms with Crippen molar-refractivity contribution in [3.05, 3.63) is 18.5 Å². The van der Waals surface area contributed by atoms with Gasteiger partial charge in [0.15, 0.2) is 0 Å². The highest BCUT2D eigenvalue weighted by molar-refractivity contribution is 5.55. The number of nitrogens with one attached hydrogen (secondary N) is 1. The summed E-state index contributed by atoms with van der Waals surface area (Å²) in [7, 11) is 0. The highest BCUT2D eigenvalue weighted by Crippen LogP contribution is 2.35. The van der Waals surface area contributed by atoms with E-state index in [9.17, 15) is 0 Å². The number of anilines is 2. The number of rotatable bonds is 4. The van der Waals surface area contributed by atoms with E-state index in [0.717, 1.165) is 37.7 Å². The lowest BCUT2D eigenvalue weighted by molar-refractivity contribution is 0.199. The first-order valence-corrected chi connectivity index (χ1v) is 7.94. The zero-order chi connectivity index (χ0) is 14.6.